The van der Waals surface area contributed by atoms with E-state index in [-0.39, 0.29) is 6.03 Å². The molecule has 3 aromatic carbocycles. The van der Waals surface area contributed by atoms with Gasteiger partial charge in [-0.1, -0.05) is 66.2 Å². The van der Waals surface area contributed by atoms with Gasteiger partial charge in [-0.3, -0.25) is 0 Å². The molecule has 3 nitrogen and oxygen atoms in total. The minimum atomic E-state index is -0.196. The lowest BCUT2D eigenvalue weighted by Gasteiger charge is -2.10. The van der Waals surface area contributed by atoms with Gasteiger partial charge in [0.05, 0.1) is 5.69 Å². The Morgan fingerprint density at radius 2 is 1.73 bits per heavy atom. The van der Waals surface area contributed by atoms with E-state index >= 15 is 0 Å². The number of nitrogens with one attached hydrogen (secondary N) is 2. The largest absolute Gasteiger partial charge is 0.334 e. The fraction of sp³-hybridized carbons (Fsp3) is 0.105. The first-order chi connectivity index (χ1) is 10.7. The Balaban J connectivity index is 1.68. The summed E-state index contributed by atoms with van der Waals surface area (Å²) in [6.07, 6.45) is 0. The van der Waals surface area contributed by atoms with Crippen LogP contribution in [0.1, 0.15) is 11.1 Å². The topological polar surface area (TPSA) is 41.1 Å². The van der Waals surface area contributed by atoms with Crippen molar-refractivity contribution in [2.75, 3.05) is 5.32 Å². The third-order valence-electron chi connectivity index (χ3n) is 3.57. The van der Waals surface area contributed by atoms with Crippen LogP contribution in [0.25, 0.3) is 10.8 Å². The molecule has 3 heteroatoms. The zero-order valence-corrected chi connectivity index (χ0v) is 12.5. The summed E-state index contributed by atoms with van der Waals surface area (Å²) in [6.45, 7) is 2.55. The van der Waals surface area contributed by atoms with Crippen LogP contribution in [0.3, 0.4) is 0 Å². The van der Waals surface area contributed by atoms with Gasteiger partial charge in [0.1, 0.15) is 0 Å². The summed E-state index contributed by atoms with van der Waals surface area (Å²) in [6, 6.07) is 21.8. The van der Waals surface area contributed by atoms with Crippen molar-refractivity contribution in [2.45, 2.75) is 13.5 Å². The summed E-state index contributed by atoms with van der Waals surface area (Å²) < 4.78 is 0. The van der Waals surface area contributed by atoms with Gasteiger partial charge in [0.15, 0.2) is 0 Å². The summed E-state index contributed by atoms with van der Waals surface area (Å²) in [7, 11) is 0. The van der Waals surface area contributed by atoms with Gasteiger partial charge in [0, 0.05) is 11.9 Å². The number of carbonyl (C=O) groups is 1. The van der Waals surface area contributed by atoms with Crippen LogP contribution in [-0.4, -0.2) is 6.03 Å². The molecule has 2 amide bonds. The zero-order chi connectivity index (χ0) is 15.4. The molecule has 0 aromatic heterocycles. The molecule has 0 aliphatic heterocycles. The fourth-order valence-corrected chi connectivity index (χ4v) is 2.51. The van der Waals surface area contributed by atoms with Gasteiger partial charge in [-0.25, -0.2) is 4.79 Å². The third-order valence-corrected chi connectivity index (χ3v) is 3.57. The highest BCUT2D eigenvalue weighted by Crippen LogP contribution is 2.22. The quantitative estimate of drug-likeness (QED) is 0.734. The molecule has 0 bridgehead atoms. The van der Waals surface area contributed by atoms with Crippen LogP contribution in [0.15, 0.2) is 66.7 Å². The summed E-state index contributed by atoms with van der Waals surface area (Å²) in [5.41, 5.74) is 3.10. The molecule has 110 valence electrons. The second kappa shape index (κ2) is 6.31. The first-order valence-corrected chi connectivity index (χ1v) is 7.30. The number of benzene rings is 3. The molecule has 0 atom stereocenters. The van der Waals surface area contributed by atoms with Crippen molar-refractivity contribution in [1.82, 2.24) is 5.32 Å². The molecular weight excluding hydrogens is 272 g/mol. The van der Waals surface area contributed by atoms with Crippen molar-refractivity contribution in [3.05, 3.63) is 77.9 Å². The Kier molecular flexibility index (Phi) is 4.05. The van der Waals surface area contributed by atoms with E-state index in [9.17, 15) is 4.79 Å². The van der Waals surface area contributed by atoms with Crippen LogP contribution in [-0.2, 0) is 6.54 Å². The zero-order valence-electron chi connectivity index (χ0n) is 12.5. The van der Waals surface area contributed by atoms with E-state index in [1.807, 2.05) is 67.6 Å². The minimum Gasteiger partial charge on any atom is -0.334 e. The maximum absolute atomic E-state index is 12.1. The van der Waals surface area contributed by atoms with Crippen molar-refractivity contribution < 1.29 is 4.79 Å². The van der Waals surface area contributed by atoms with E-state index < -0.39 is 0 Å². The Morgan fingerprint density at radius 3 is 2.59 bits per heavy atom. The summed E-state index contributed by atoms with van der Waals surface area (Å²) in [5.74, 6) is 0. The first-order valence-electron chi connectivity index (χ1n) is 7.30. The molecule has 2 N–H and O–H groups in total. The lowest BCUT2D eigenvalue weighted by atomic mass is 10.1. The third kappa shape index (κ3) is 3.26. The van der Waals surface area contributed by atoms with Gasteiger partial charge in [0.2, 0.25) is 0 Å². The summed E-state index contributed by atoms with van der Waals surface area (Å²) >= 11 is 0. The molecule has 0 fully saturated rings. The first kappa shape index (κ1) is 14.1. The van der Waals surface area contributed by atoms with Crippen LogP contribution in [0.2, 0.25) is 0 Å². The molecule has 3 aromatic rings. The van der Waals surface area contributed by atoms with E-state index in [1.54, 1.807) is 0 Å². The molecule has 0 aliphatic carbocycles. The van der Waals surface area contributed by atoms with Crippen LogP contribution in [0, 0.1) is 6.92 Å². The van der Waals surface area contributed by atoms with Crippen molar-refractivity contribution in [1.29, 1.82) is 0 Å². The van der Waals surface area contributed by atoms with Gasteiger partial charge in [-0.05, 0) is 23.9 Å². The summed E-state index contributed by atoms with van der Waals surface area (Å²) in [4.78, 5) is 12.1. The Morgan fingerprint density at radius 1 is 0.955 bits per heavy atom. The van der Waals surface area contributed by atoms with Gasteiger partial charge in [-0.2, -0.15) is 0 Å². The minimum absolute atomic E-state index is 0.196. The standard InChI is InChI=1S/C19H18N2O/c1-14-6-4-7-15(12-14)13-20-19(22)21-18-11-5-9-16-8-2-3-10-17(16)18/h2-12H,13H2,1H3,(H2,20,21,22). The predicted octanol–water partition coefficient (Wildman–Crippen LogP) is 4.47. The maximum Gasteiger partial charge on any atom is 0.319 e. The highest BCUT2D eigenvalue weighted by atomic mass is 16.2. The normalized spacial score (nSPS) is 10.4. The second-order valence-corrected chi connectivity index (χ2v) is 5.32. The molecule has 0 saturated carbocycles. The SMILES string of the molecule is Cc1cccc(CNC(=O)Nc2cccc3ccccc23)c1. The number of anilines is 1. The summed E-state index contributed by atoms with van der Waals surface area (Å²) in [5, 5.41) is 7.96. The van der Waals surface area contributed by atoms with Crippen LogP contribution < -0.4 is 10.6 Å². The maximum atomic E-state index is 12.1. The average molecular weight is 290 g/mol. The number of aryl methyl sites for hydroxylation is 1. The van der Waals surface area contributed by atoms with E-state index in [0.717, 1.165) is 22.0 Å². The molecule has 0 aliphatic rings. The molecule has 0 radical (unpaired) electrons. The average Bonchev–Trinajstić information content (AvgIpc) is 2.53. The molecule has 0 heterocycles. The van der Waals surface area contributed by atoms with E-state index in [4.69, 9.17) is 0 Å². The Hall–Kier alpha value is -2.81. The number of urea groups is 1. The number of hydrogen-bond donors (Lipinski definition) is 2. The van der Waals surface area contributed by atoms with Gasteiger partial charge < -0.3 is 10.6 Å². The number of hydrogen-bond acceptors (Lipinski definition) is 1. The number of rotatable bonds is 3. The van der Waals surface area contributed by atoms with Gasteiger partial charge in [0.25, 0.3) is 0 Å². The lowest BCUT2D eigenvalue weighted by molar-refractivity contribution is 0.252. The van der Waals surface area contributed by atoms with Crippen molar-refractivity contribution in [3.63, 3.8) is 0 Å². The molecule has 0 spiro atoms. The number of carbonyl (C=O) groups excluding carboxylic acids is 1. The van der Waals surface area contributed by atoms with Crippen molar-refractivity contribution in [3.8, 4) is 0 Å². The second-order valence-electron chi connectivity index (χ2n) is 5.32. The Bertz CT molecular complexity index is 806. The van der Waals surface area contributed by atoms with Gasteiger partial charge >= 0.3 is 6.03 Å². The van der Waals surface area contributed by atoms with Crippen molar-refractivity contribution >= 4 is 22.5 Å². The smallest absolute Gasteiger partial charge is 0.319 e. The van der Waals surface area contributed by atoms with E-state index in [0.29, 0.717) is 6.54 Å². The molecule has 3 rings (SSSR count). The Labute approximate surface area is 130 Å². The highest BCUT2D eigenvalue weighted by molar-refractivity contribution is 6.01. The van der Waals surface area contributed by atoms with E-state index in [2.05, 4.69) is 16.7 Å². The van der Waals surface area contributed by atoms with Crippen molar-refractivity contribution in [2.24, 2.45) is 0 Å². The van der Waals surface area contributed by atoms with Crippen LogP contribution in [0.5, 0.6) is 0 Å². The number of fused-ring (bicyclic) bond motifs is 1. The van der Waals surface area contributed by atoms with Crippen LogP contribution >= 0.6 is 0 Å². The van der Waals surface area contributed by atoms with E-state index in [1.165, 1.54) is 5.56 Å². The molecule has 0 unspecified atom stereocenters. The molecule has 0 saturated heterocycles. The van der Waals surface area contributed by atoms with Gasteiger partial charge in [-0.15, -0.1) is 0 Å². The molecule has 22 heavy (non-hydrogen) atoms. The fourth-order valence-electron chi connectivity index (χ4n) is 2.51. The lowest BCUT2D eigenvalue weighted by Crippen LogP contribution is -2.28. The monoisotopic (exact) mass is 290 g/mol. The molecular formula is C19H18N2O. The predicted molar refractivity (Wildman–Crippen MR) is 91.0 cm³/mol. The highest BCUT2D eigenvalue weighted by Gasteiger charge is 2.05. The van der Waals surface area contributed by atoms with Crippen LogP contribution in [0.4, 0.5) is 10.5 Å². The number of amides is 2.